The van der Waals surface area contributed by atoms with Crippen LogP contribution in [-0.4, -0.2) is 63.4 Å². The molecule has 6 rings (SSSR count). The molecule has 186 valence electrons. The molecular formula is C27H31N7O2. The Balaban J connectivity index is 1.39. The molecule has 0 spiro atoms. The van der Waals surface area contributed by atoms with E-state index in [9.17, 15) is 4.79 Å². The van der Waals surface area contributed by atoms with Gasteiger partial charge in [0.1, 0.15) is 11.8 Å². The molecule has 2 aromatic heterocycles. The van der Waals surface area contributed by atoms with Gasteiger partial charge in [-0.1, -0.05) is 31.0 Å². The van der Waals surface area contributed by atoms with Crippen molar-refractivity contribution in [3.63, 3.8) is 0 Å². The van der Waals surface area contributed by atoms with Gasteiger partial charge in [-0.25, -0.2) is 4.68 Å². The fourth-order valence-corrected chi connectivity index (χ4v) is 5.69. The number of aromatic amines is 1. The molecule has 1 saturated heterocycles. The summed E-state index contributed by atoms with van der Waals surface area (Å²) in [7, 11) is 1.63. The molecule has 0 radical (unpaired) electrons. The average molecular weight is 486 g/mol. The van der Waals surface area contributed by atoms with E-state index in [1.54, 1.807) is 7.11 Å². The van der Waals surface area contributed by atoms with Crippen molar-refractivity contribution in [3.8, 4) is 5.75 Å². The Bertz CT molecular complexity index is 1390. The lowest BCUT2D eigenvalue weighted by Crippen LogP contribution is -2.49. The van der Waals surface area contributed by atoms with E-state index in [1.807, 2.05) is 35.0 Å². The van der Waals surface area contributed by atoms with Gasteiger partial charge in [0.25, 0.3) is 5.56 Å². The van der Waals surface area contributed by atoms with Crippen LogP contribution in [0.25, 0.3) is 10.9 Å². The Labute approximate surface area is 209 Å². The van der Waals surface area contributed by atoms with Gasteiger partial charge in [-0.15, -0.1) is 5.10 Å². The van der Waals surface area contributed by atoms with E-state index in [0.29, 0.717) is 11.3 Å². The van der Waals surface area contributed by atoms with Crippen molar-refractivity contribution < 1.29 is 4.74 Å². The molecule has 4 aromatic rings. The summed E-state index contributed by atoms with van der Waals surface area (Å²) in [6, 6.07) is 18.2. The summed E-state index contributed by atoms with van der Waals surface area (Å²) in [5.41, 5.74) is 2.54. The number of nitrogens with zero attached hydrogens (tertiary/aromatic N) is 6. The molecule has 9 nitrogen and oxygen atoms in total. The third-order valence-corrected chi connectivity index (χ3v) is 7.61. The number of hydrogen-bond acceptors (Lipinski definition) is 7. The Morgan fingerprint density at radius 2 is 1.78 bits per heavy atom. The average Bonchev–Trinajstić information content (AvgIpc) is 3.62. The molecule has 0 bridgehead atoms. The highest BCUT2D eigenvalue weighted by Gasteiger charge is 2.34. The maximum atomic E-state index is 13.5. The van der Waals surface area contributed by atoms with Gasteiger partial charge < -0.3 is 14.6 Å². The number of benzene rings is 2. The van der Waals surface area contributed by atoms with Crippen molar-refractivity contribution in [2.75, 3.05) is 38.2 Å². The molecule has 2 fully saturated rings. The molecule has 1 aliphatic heterocycles. The number of rotatable bonds is 6. The van der Waals surface area contributed by atoms with Crippen molar-refractivity contribution in [2.24, 2.45) is 0 Å². The summed E-state index contributed by atoms with van der Waals surface area (Å²) in [6.07, 6.45) is 4.51. The van der Waals surface area contributed by atoms with Gasteiger partial charge in [0, 0.05) is 43.5 Å². The van der Waals surface area contributed by atoms with Crippen LogP contribution in [0.4, 0.5) is 5.69 Å². The minimum atomic E-state index is -0.325. The number of fused-ring (bicyclic) bond motifs is 1. The summed E-state index contributed by atoms with van der Waals surface area (Å²) in [5, 5.41) is 14.0. The second-order valence-corrected chi connectivity index (χ2v) is 9.69. The molecule has 3 heterocycles. The molecule has 9 heteroatoms. The maximum Gasteiger partial charge on any atom is 0.253 e. The van der Waals surface area contributed by atoms with Crippen molar-refractivity contribution in [2.45, 2.75) is 37.8 Å². The van der Waals surface area contributed by atoms with Crippen LogP contribution in [0, 0.1) is 0 Å². The molecule has 1 unspecified atom stereocenters. The van der Waals surface area contributed by atoms with Gasteiger partial charge in [-0.3, -0.25) is 9.69 Å². The van der Waals surface area contributed by atoms with Crippen molar-refractivity contribution in [3.05, 3.63) is 76.3 Å². The van der Waals surface area contributed by atoms with Crippen LogP contribution >= 0.6 is 0 Å². The molecule has 36 heavy (non-hydrogen) atoms. The van der Waals surface area contributed by atoms with Crippen LogP contribution in [0.5, 0.6) is 5.75 Å². The second-order valence-electron chi connectivity index (χ2n) is 9.69. The summed E-state index contributed by atoms with van der Waals surface area (Å²) in [5.74, 6) is 1.47. The number of nitrogens with one attached hydrogen (secondary N) is 1. The molecular weight excluding hydrogens is 454 g/mol. The first-order valence-corrected chi connectivity index (χ1v) is 12.7. The Morgan fingerprint density at radius 1 is 1.00 bits per heavy atom. The van der Waals surface area contributed by atoms with Gasteiger partial charge in [0.2, 0.25) is 0 Å². The van der Waals surface area contributed by atoms with E-state index in [1.165, 1.54) is 18.5 Å². The lowest BCUT2D eigenvalue weighted by molar-refractivity contribution is 0.197. The number of piperazine rings is 1. The summed E-state index contributed by atoms with van der Waals surface area (Å²) in [4.78, 5) is 21.4. The zero-order valence-electron chi connectivity index (χ0n) is 20.5. The number of aromatic nitrogens is 5. The third-order valence-electron chi connectivity index (χ3n) is 7.61. The first-order chi connectivity index (χ1) is 17.7. The monoisotopic (exact) mass is 485 g/mol. The predicted molar refractivity (Wildman–Crippen MR) is 139 cm³/mol. The smallest absolute Gasteiger partial charge is 0.253 e. The third kappa shape index (κ3) is 4.24. The molecule has 1 atom stereocenters. The van der Waals surface area contributed by atoms with Gasteiger partial charge >= 0.3 is 0 Å². The van der Waals surface area contributed by atoms with Crippen LogP contribution in [0.3, 0.4) is 0 Å². The highest BCUT2D eigenvalue weighted by Crippen LogP contribution is 2.34. The Kier molecular flexibility index (Phi) is 6.14. The molecule has 0 amide bonds. The molecule has 1 saturated carbocycles. The van der Waals surface area contributed by atoms with Crippen LogP contribution in [0.15, 0.2) is 59.4 Å². The number of pyridine rings is 1. The fourth-order valence-electron chi connectivity index (χ4n) is 5.69. The predicted octanol–water partition coefficient (Wildman–Crippen LogP) is 3.55. The molecule has 2 aromatic carbocycles. The molecule has 1 aliphatic carbocycles. The SMILES string of the molecule is COc1ccc2cc(C(c3nnnn3C3CCCC3)N3CCN(c4ccccc4)CC3)c(=O)[nH]c2c1. The molecule has 2 aliphatic rings. The number of para-hydroxylation sites is 1. The van der Waals surface area contributed by atoms with E-state index < -0.39 is 0 Å². The number of anilines is 1. The van der Waals surface area contributed by atoms with Crippen LogP contribution in [0.2, 0.25) is 0 Å². The maximum absolute atomic E-state index is 13.5. The van der Waals surface area contributed by atoms with Gasteiger partial charge in [0.15, 0.2) is 5.82 Å². The summed E-state index contributed by atoms with van der Waals surface area (Å²) >= 11 is 0. The normalized spacial score (nSPS) is 18.1. The van der Waals surface area contributed by atoms with Crippen molar-refractivity contribution in [1.29, 1.82) is 0 Å². The van der Waals surface area contributed by atoms with Crippen LogP contribution in [0.1, 0.15) is 49.2 Å². The standard InChI is InChI=1S/C27H31N7O2/c1-36-22-12-11-19-17-23(27(35)28-24(19)18-22)25(26-29-30-31-34(26)21-9-5-6-10-21)33-15-13-32(14-16-33)20-7-3-2-4-8-20/h2-4,7-8,11-12,17-18,21,25H,5-6,9-10,13-16H2,1H3,(H,28,35). The Hall–Kier alpha value is -3.72. The largest absolute Gasteiger partial charge is 0.497 e. The summed E-state index contributed by atoms with van der Waals surface area (Å²) < 4.78 is 7.33. The van der Waals surface area contributed by atoms with E-state index in [4.69, 9.17) is 4.74 Å². The van der Waals surface area contributed by atoms with Gasteiger partial charge in [-0.05, 0) is 59.0 Å². The number of H-pyrrole nitrogens is 1. The number of hydrogen-bond donors (Lipinski definition) is 1. The lowest BCUT2D eigenvalue weighted by atomic mass is 10.0. The van der Waals surface area contributed by atoms with E-state index >= 15 is 0 Å². The van der Waals surface area contributed by atoms with Crippen LogP contribution in [-0.2, 0) is 0 Å². The fraction of sp³-hybridized carbons (Fsp3) is 0.407. The minimum absolute atomic E-state index is 0.118. The van der Waals surface area contributed by atoms with Gasteiger partial charge in [0.05, 0.1) is 18.7 Å². The van der Waals surface area contributed by atoms with Gasteiger partial charge in [-0.2, -0.15) is 0 Å². The van der Waals surface area contributed by atoms with E-state index in [2.05, 4.69) is 54.6 Å². The highest BCUT2D eigenvalue weighted by atomic mass is 16.5. The van der Waals surface area contributed by atoms with E-state index in [-0.39, 0.29) is 17.6 Å². The summed E-state index contributed by atoms with van der Waals surface area (Å²) in [6.45, 7) is 3.34. The zero-order valence-corrected chi connectivity index (χ0v) is 20.5. The van der Waals surface area contributed by atoms with Crippen LogP contribution < -0.4 is 15.2 Å². The highest BCUT2D eigenvalue weighted by molar-refractivity contribution is 5.80. The second kappa shape index (κ2) is 9.73. The number of methoxy groups -OCH3 is 1. The minimum Gasteiger partial charge on any atom is -0.497 e. The lowest BCUT2D eigenvalue weighted by Gasteiger charge is -2.39. The van der Waals surface area contributed by atoms with Crippen molar-refractivity contribution >= 4 is 16.6 Å². The topological polar surface area (TPSA) is 92.2 Å². The molecule has 1 N–H and O–H groups in total. The zero-order chi connectivity index (χ0) is 24.5. The van der Waals surface area contributed by atoms with E-state index in [0.717, 1.165) is 55.7 Å². The number of tetrazole rings is 1. The first kappa shape index (κ1) is 22.7. The quantitative estimate of drug-likeness (QED) is 0.447. The Morgan fingerprint density at radius 3 is 2.53 bits per heavy atom. The van der Waals surface area contributed by atoms with Crippen molar-refractivity contribution in [1.82, 2.24) is 30.1 Å². The first-order valence-electron chi connectivity index (χ1n) is 12.7. The number of ether oxygens (including phenoxy) is 1.